The van der Waals surface area contributed by atoms with E-state index in [1.807, 2.05) is 0 Å². The van der Waals surface area contributed by atoms with Crippen molar-refractivity contribution in [3.63, 3.8) is 0 Å². The van der Waals surface area contributed by atoms with Crippen LogP contribution in [0.1, 0.15) is 122 Å². The van der Waals surface area contributed by atoms with Crippen LogP contribution in [0.15, 0.2) is 42.5 Å². The van der Waals surface area contributed by atoms with E-state index in [-0.39, 0.29) is 0 Å². The molecule has 0 bridgehead atoms. The largest absolute Gasteiger partial charge is 0.0654 e. The van der Waals surface area contributed by atoms with Gasteiger partial charge in [-0.1, -0.05) is 146 Å². The second-order valence-corrected chi connectivity index (χ2v) is 8.89. The van der Waals surface area contributed by atoms with Crippen molar-refractivity contribution in [1.29, 1.82) is 0 Å². The molecular formula is C28H44. The molecule has 2 aromatic rings. The fourth-order valence-electron chi connectivity index (χ4n) is 4.33. The van der Waals surface area contributed by atoms with E-state index < -0.39 is 0 Å². The third-order valence-electron chi connectivity index (χ3n) is 6.33. The van der Waals surface area contributed by atoms with Gasteiger partial charge in [0.2, 0.25) is 0 Å². The first-order valence-electron chi connectivity index (χ1n) is 12.3. The van der Waals surface area contributed by atoms with Crippen molar-refractivity contribution in [1.82, 2.24) is 0 Å². The highest BCUT2D eigenvalue weighted by molar-refractivity contribution is 5.83. The molecule has 0 aliphatic carbocycles. The normalized spacial score (nSPS) is 12.5. The molecule has 156 valence electrons. The zero-order chi connectivity index (χ0) is 19.9. The van der Waals surface area contributed by atoms with Crippen molar-refractivity contribution in [2.24, 2.45) is 0 Å². The maximum absolute atomic E-state index is 2.40. The molecule has 1 unspecified atom stereocenters. The fourth-order valence-corrected chi connectivity index (χ4v) is 4.33. The Morgan fingerprint density at radius 3 is 1.64 bits per heavy atom. The summed E-state index contributed by atoms with van der Waals surface area (Å²) in [5.74, 6) is 0.682. The van der Waals surface area contributed by atoms with E-state index in [4.69, 9.17) is 0 Å². The van der Waals surface area contributed by atoms with Crippen molar-refractivity contribution in [2.45, 2.75) is 116 Å². The average molecular weight is 381 g/mol. The Morgan fingerprint density at radius 2 is 1.07 bits per heavy atom. The third kappa shape index (κ3) is 9.26. The first-order valence-corrected chi connectivity index (χ1v) is 12.3. The summed E-state index contributed by atoms with van der Waals surface area (Å²) >= 11 is 0. The first kappa shape index (κ1) is 23.0. The molecule has 0 saturated carbocycles. The minimum absolute atomic E-state index is 0.682. The topological polar surface area (TPSA) is 0 Å². The summed E-state index contributed by atoms with van der Waals surface area (Å²) < 4.78 is 0. The van der Waals surface area contributed by atoms with Crippen LogP contribution in [-0.4, -0.2) is 0 Å². The van der Waals surface area contributed by atoms with E-state index in [1.54, 1.807) is 0 Å². The molecular weight excluding hydrogens is 336 g/mol. The molecule has 0 N–H and O–H groups in total. The van der Waals surface area contributed by atoms with Crippen LogP contribution in [0.4, 0.5) is 0 Å². The lowest BCUT2D eigenvalue weighted by Gasteiger charge is -2.13. The Hall–Kier alpha value is -1.30. The van der Waals surface area contributed by atoms with E-state index in [1.165, 1.54) is 113 Å². The van der Waals surface area contributed by atoms with Gasteiger partial charge in [-0.25, -0.2) is 0 Å². The number of benzene rings is 2. The maximum Gasteiger partial charge on any atom is -0.0181 e. The van der Waals surface area contributed by atoms with E-state index in [9.17, 15) is 0 Å². The van der Waals surface area contributed by atoms with Crippen LogP contribution in [0, 0.1) is 0 Å². The summed E-state index contributed by atoms with van der Waals surface area (Å²) in [5, 5.41) is 2.74. The number of unbranched alkanes of at least 4 members (excludes halogenated alkanes) is 13. The molecule has 2 rings (SSSR count). The molecule has 0 spiro atoms. The van der Waals surface area contributed by atoms with Crippen LogP contribution < -0.4 is 0 Å². The number of hydrogen-bond acceptors (Lipinski definition) is 0. The highest BCUT2D eigenvalue weighted by Gasteiger charge is 2.06. The highest BCUT2D eigenvalue weighted by Crippen LogP contribution is 2.26. The van der Waals surface area contributed by atoms with Crippen molar-refractivity contribution in [3.05, 3.63) is 48.0 Å². The standard InChI is InChI=1S/C28H44/c1-3-4-5-6-7-8-9-10-11-12-13-14-15-16-19-25(2)27-23-22-26-20-17-18-21-28(26)24-27/h17-18,20-25H,3-16,19H2,1-2H3. The molecule has 0 nitrogen and oxygen atoms in total. The van der Waals surface area contributed by atoms with Gasteiger partial charge in [0.15, 0.2) is 0 Å². The Bertz CT molecular complexity index is 627. The molecule has 0 radical (unpaired) electrons. The summed E-state index contributed by atoms with van der Waals surface area (Å²) in [6.45, 7) is 4.69. The van der Waals surface area contributed by atoms with Gasteiger partial charge < -0.3 is 0 Å². The van der Waals surface area contributed by atoms with Gasteiger partial charge in [0.05, 0.1) is 0 Å². The van der Waals surface area contributed by atoms with Crippen molar-refractivity contribution in [3.8, 4) is 0 Å². The number of hydrogen-bond donors (Lipinski definition) is 0. The lowest BCUT2D eigenvalue weighted by molar-refractivity contribution is 0.524. The molecule has 0 heteroatoms. The van der Waals surface area contributed by atoms with Gasteiger partial charge in [-0.05, 0) is 28.7 Å². The van der Waals surface area contributed by atoms with Gasteiger partial charge in [-0.15, -0.1) is 0 Å². The minimum Gasteiger partial charge on any atom is -0.0654 e. The molecule has 0 aliphatic rings. The Balaban J connectivity index is 1.43. The smallest absolute Gasteiger partial charge is 0.0181 e. The van der Waals surface area contributed by atoms with Crippen LogP contribution in [0.5, 0.6) is 0 Å². The predicted molar refractivity (Wildman–Crippen MR) is 127 cm³/mol. The lowest BCUT2D eigenvalue weighted by Crippen LogP contribution is -1.94. The van der Waals surface area contributed by atoms with Gasteiger partial charge in [-0.3, -0.25) is 0 Å². The van der Waals surface area contributed by atoms with Crippen LogP contribution in [0.25, 0.3) is 10.8 Å². The Morgan fingerprint density at radius 1 is 0.571 bits per heavy atom. The van der Waals surface area contributed by atoms with E-state index in [2.05, 4.69) is 56.3 Å². The zero-order valence-electron chi connectivity index (χ0n) is 18.7. The zero-order valence-corrected chi connectivity index (χ0v) is 18.7. The average Bonchev–Trinajstić information content (AvgIpc) is 2.73. The number of rotatable bonds is 16. The van der Waals surface area contributed by atoms with Crippen molar-refractivity contribution in [2.75, 3.05) is 0 Å². The number of fused-ring (bicyclic) bond motifs is 1. The van der Waals surface area contributed by atoms with Gasteiger partial charge in [-0.2, -0.15) is 0 Å². The monoisotopic (exact) mass is 380 g/mol. The molecule has 0 saturated heterocycles. The molecule has 0 aromatic heterocycles. The third-order valence-corrected chi connectivity index (χ3v) is 6.33. The van der Waals surface area contributed by atoms with Gasteiger partial charge in [0.1, 0.15) is 0 Å². The molecule has 28 heavy (non-hydrogen) atoms. The van der Waals surface area contributed by atoms with Crippen LogP contribution in [0.3, 0.4) is 0 Å². The molecule has 0 amide bonds. The summed E-state index contributed by atoms with van der Waals surface area (Å²) in [7, 11) is 0. The summed E-state index contributed by atoms with van der Waals surface area (Å²) in [5.41, 5.74) is 1.51. The van der Waals surface area contributed by atoms with Crippen LogP contribution in [-0.2, 0) is 0 Å². The molecule has 0 heterocycles. The lowest BCUT2D eigenvalue weighted by atomic mass is 9.93. The van der Waals surface area contributed by atoms with Crippen molar-refractivity contribution < 1.29 is 0 Å². The van der Waals surface area contributed by atoms with Crippen molar-refractivity contribution >= 4 is 10.8 Å². The molecule has 0 aliphatic heterocycles. The molecule has 1 atom stereocenters. The van der Waals surface area contributed by atoms with Gasteiger partial charge in [0.25, 0.3) is 0 Å². The van der Waals surface area contributed by atoms with E-state index >= 15 is 0 Å². The Labute approximate surface area is 175 Å². The Kier molecular flexibility index (Phi) is 12.0. The SMILES string of the molecule is CCCCCCCCCCCCCCCCC(C)c1ccc2ccccc2c1. The van der Waals surface area contributed by atoms with Crippen LogP contribution >= 0.6 is 0 Å². The molecule has 0 fully saturated rings. The molecule has 2 aromatic carbocycles. The van der Waals surface area contributed by atoms with Gasteiger partial charge >= 0.3 is 0 Å². The van der Waals surface area contributed by atoms with Gasteiger partial charge in [0, 0.05) is 0 Å². The second-order valence-electron chi connectivity index (χ2n) is 8.89. The van der Waals surface area contributed by atoms with Crippen LogP contribution in [0.2, 0.25) is 0 Å². The minimum atomic E-state index is 0.682. The quantitative estimate of drug-likeness (QED) is 0.254. The maximum atomic E-state index is 2.40. The predicted octanol–water partition coefficient (Wildman–Crippen LogP) is 9.81. The summed E-state index contributed by atoms with van der Waals surface area (Å²) in [6, 6.07) is 15.7. The fraction of sp³-hybridized carbons (Fsp3) is 0.643. The highest BCUT2D eigenvalue weighted by atomic mass is 14.1. The first-order chi connectivity index (χ1) is 13.8. The second kappa shape index (κ2) is 14.7. The summed E-state index contributed by atoms with van der Waals surface area (Å²) in [4.78, 5) is 0. The van der Waals surface area contributed by atoms with E-state index in [0.717, 1.165) is 0 Å². The van der Waals surface area contributed by atoms with E-state index in [0.29, 0.717) is 5.92 Å². The summed E-state index contributed by atoms with van der Waals surface area (Å²) in [6.07, 6.45) is 21.5.